The summed E-state index contributed by atoms with van der Waals surface area (Å²) in [7, 11) is 0. The maximum atomic E-state index is 12.0. The average molecular weight is 297 g/mol. The lowest BCUT2D eigenvalue weighted by atomic mass is 10.2. The molecule has 2 N–H and O–H groups in total. The fourth-order valence-electron chi connectivity index (χ4n) is 1.66. The van der Waals surface area contributed by atoms with E-state index in [2.05, 4.69) is 10.6 Å². The molecule has 0 fully saturated rings. The van der Waals surface area contributed by atoms with Gasteiger partial charge in [-0.25, -0.2) is 0 Å². The Bertz CT molecular complexity index is 624. The van der Waals surface area contributed by atoms with Crippen LogP contribution in [0.15, 0.2) is 24.3 Å². The first kappa shape index (κ1) is 13.8. The zero-order valence-corrected chi connectivity index (χ0v) is 11.9. The second-order valence-corrected chi connectivity index (χ2v) is 5.31. The highest BCUT2D eigenvalue weighted by Crippen LogP contribution is 2.34. The van der Waals surface area contributed by atoms with E-state index in [9.17, 15) is 9.59 Å². The number of thiophene rings is 1. The molecule has 1 aromatic heterocycles. The van der Waals surface area contributed by atoms with Crippen LogP contribution in [0.3, 0.4) is 0 Å². The molecule has 0 atom stereocenters. The van der Waals surface area contributed by atoms with Gasteiger partial charge in [-0.3, -0.25) is 9.59 Å². The smallest absolute Gasteiger partial charge is 0.263 e. The summed E-state index contributed by atoms with van der Waals surface area (Å²) in [4.78, 5) is 23.7. The van der Waals surface area contributed by atoms with Crippen LogP contribution in [-0.2, 0) is 4.79 Å². The van der Waals surface area contributed by atoms with E-state index in [0.717, 1.165) is 10.1 Å². The maximum Gasteiger partial charge on any atom is 0.263 e. The van der Waals surface area contributed by atoms with Crippen LogP contribution in [0.5, 0.6) is 0 Å². The summed E-state index contributed by atoms with van der Waals surface area (Å²) in [5.41, 5.74) is 0. The molecule has 4 nitrogen and oxygen atoms in total. The van der Waals surface area contributed by atoms with Gasteiger partial charge in [0.15, 0.2) is 0 Å². The van der Waals surface area contributed by atoms with Crippen LogP contribution in [0.4, 0.5) is 0 Å². The number of halogens is 1. The van der Waals surface area contributed by atoms with Gasteiger partial charge in [-0.15, -0.1) is 11.3 Å². The molecule has 2 amide bonds. The van der Waals surface area contributed by atoms with E-state index in [1.54, 1.807) is 0 Å². The van der Waals surface area contributed by atoms with E-state index in [1.165, 1.54) is 11.3 Å². The predicted octanol–water partition coefficient (Wildman–Crippen LogP) is 2.42. The van der Waals surface area contributed by atoms with Gasteiger partial charge in [-0.1, -0.05) is 29.8 Å². The number of benzene rings is 1. The molecule has 0 saturated heterocycles. The zero-order chi connectivity index (χ0) is 13.8. The van der Waals surface area contributed by atoms with Crippen LogP contribution in [-0.4, -0.2) is 24.9 Å². The third-order valence-electron chi connectivity index (χ3n) is 2.52. The van der Waals surface area contributed by atoms with E-state index < -0.39 is 0 Å². The summed E-state index contributed by atoms with van der Waals surface area (Å²) in [5, 5.41) is 6.47. The lowest BCUT2D eigenvalue weighted by Crippen LogP contribution is -2.36. The Hall–Kier alpha value is -1.59. The van der Waals surface area contributed by atoms with Crippen LogP contribution >= 0.6 is 22.9 Å². The van der Waals surface area contributed by atoms with Crippen molar-refractivity contribution >= 4 is 44.8 Å². The van der Waals surface area contributed by atoms with Gasteiger partial charge >= 0.3 is 0 Å². The van der Waals surface area contributed by atoms with Crippen molar-refractivity contribution < 1.29 is 9.59 Å². The highest BCUT2D eigenvalue weighted by molar-refractivity contribution is 7.21. The summed E-state index contributed by atoms with van der Waals surface area (Å²) in [6, 6.07) is 7.55. The topological polar surface area (TPSA) is 58.2 Å². The Balaban J connectivity index is 2.13. The molecule has 0 radical (unpaired) electrons. The Morgan fingerprint density at radius 1 is 1.26 bits per heavy atom. The molecule has 0 unspecified atom stereocenters. The highest BCUT2D eigenvalue weighted by Gasteiger charge is 2.17. The molecule has 0 aliphatic rings. The highest BCUT2D eigenvalue weighted by atomic mass is 35.5. The number of hydrogen-bond acceptors (Lipinski definition) is 3. The minimum absolute atomic E-state index is 0.0444. The summed E-state index contributed by atoms with van der Waals surface area (Å²) < 4.78 is 0.954. The number of hydrogen-bond donors (Lipinski definition) is 2. The van der Waals surface area contributed by atoms with E-state index in [1.807, 2.05) is 31.2 Å². The molecule has 19 heavy (non-hydrogen) atoms. The molecule has 0 spiro atoms. The van der Waals surface area contributed by atoms with Crippen molar-refractivity contribution in [3.8, 4) is 0 Å². The molecular formula is C13H13ClN2O2S. The van der Waals surface area contributed by atoms with Crippen molar-refractivity contribution in [1.29, 1.82) is 0 Å². The Kier molecular flexibility index (Phi) is 4.39. The first-order chi connectivity index (χ1) is 9.13. The molecule has 1 aromatic carbocycles. The van der Waals surface area contributed by atoms with Gasteiger partial charge in [0, 0.05) is 16.6 Å². The van der Waals surface area contributed by atoms with E-state index >= 15 is 0 Å². The van der Waals surface area contributed by atoms with Crippen molar-refractivity contribution in [3.05, 3.63) is 34.2 Å². The fourth-order valence-corrected chi connectivity index (χ4v) is 3.09. The van der Waals surface area contributed by atoms with Gasteiger partial charge in [-0.05, 0) is 13.0 Å². The minimum Gasteiger partial charge on any atom is -0.355 e. The number of rotatable bonds is 4. The molecule has 2 rings (SSSR count). The van der Waals surface area contributed by atoms with Gasteiger partial charge in [0.2, 0.25) is 5.91 Å². The number of carbonyl (C=O) groups is 2. The Labute approximate surface area is 119 Å². The van der Waals surface area contributed by atoms with Crippen molar-refractivity contribution in [2.75, 3.05) is 13.1 Å². The third-order valence-corrected chi connectivity index (χ3v) is 4.20. The van der Waals surface area contributed by atoms with Crippen LogP contribution in [0.1, 0.15) is 16.6 Å². The van der Waals surface area contributed by atoms with Crippen molar-refractivity contribution in [1.82, 2.24) is 10.6 Å². The molecule has 2 aromatic rings. The van der Waals surface area contributed by atoms with Crippen molar-refractivity contribution in [2.45, 2.75) is 6.92 Å². The summed E-state index contributed by atoms with van der Waals surface area (Å²) in [6.07, 6.45) is 0. The van der Waals surface area contributed by atoms with E-state index in [-0.39, 0.29) is 18.4 Å². The number of carbonyl (C=O) groups excluding carboxylic acids is 2. The van der Waals surface area contributed by atoms with E-state index in [4.69, 9.17) is 11.6 Å². The molecule has 6 heteroatoms. The second kappa shape index (κ2) is 6.04. The SMILES string of the molecule is CCNC(=O)CNC(=O)c1sc2ccccc2c1Cl. The third kappa shape index (κ3) is 3.05. The van der Waals surface area contributed by atoms with Crippen LogP contribution < -0.4 is 10.6 Å². The van der Waals surface area contributed by atoms with Crippen LogP contribution in [0.25, 0.3) is 10.1 Å². The largest absolute Gasteiger partial charge is 0.355 e. The molecule has 0 bridgehead atoms. The first-order valence-corrected chi connectivity index (χ1v) is 7.05. The summed E-state index contributed by atoms with van der Waals surface area (Å²) >= 11 is 7.50. The number of likely N-dealkylation sites (N-methyl/N-ethyl adjacent to an activating group) is 1. The lowest BCUT2D eigenvalue weighted by molar-refractivity contribution is -0.120. The number of nitrogens with one attached hydrogen (secondary N) is 2. The van der Waals surface area contributed by atoms with Gasteiger partial charge < -0.3 is 10.6 Å². The Morgan fingerprint density at radius 2 is 2.00 bits per heavy atom. The van der Waals surface area contributed by atoms with Gasteiger partial charge in [-0.2, -0.15) is 0 Å². The first-order valence-electron chi connectivity index (χ1n) is 5.85. The normalized spacial score (nSPS) is 10.4. The standard InChI is InChI=1S/C13H13ClN2O2S/c1-2-15-10(17)7-16-13(18)12-11(14)8-5-3-4-6-9(8)19-12/h3-6H,2,7H2,1H3,(H,15,17)(H,16,18). The number of amides is 2. The average Bonchev–Trinajstić information content (AvgIpc) is 2.74. The molecule has 100 valence electrons. The van der Waals surface area contributed by atoms with Crippen LogP contribution in [0.2, 0.25) is 5.02 Å². The maximum absolute atomic E-state index is 12.0. The minimum atomic E-state index is -0.322. The molecular weight excluding hydrogens is 284 g/mol. The van der Waals surface area contributed by atoms with Crippen molar-refractivity contribution in [2.24, 2.45) is 0 Å². The summed E-state index contributed by atoms with van der Waals surface area (Å²) in [6.45, 7) is 2.32. The van der Waals surface area contributed by atoms with Crippen molar-refractivity contribution in [3.63, 3.8) is 0 Å². The molecule has 0 aliphatic carbocycles. The fraction of sp³-hybridized carbons (Fsp3) is 0.231. The second-order valence-electron chi connectivity index (χ2n) is 3.88. The lowest BCUT2D eigenvalue weighted by Gasteiger charge is -2.04. The summed E-state index contributed by atoms with van der Waals surface area (Å²) in [5.74, 6) is -0.537. The Morgan fingerprint density at radius 3 is 2.68 bits per heavy atom. The molecule has 0 saturated carbocycles. The van der Waals surface area contributed by atoms with Gasteiger partial charge in [0.25, 0.3) is 5.91 Å². The monoisotopic (exact) mass is 296 g/mol. The number of fused-ring (bicyclic) bond motifs is 1. The molecule has 0 aliphatic heterocycles. The predicted molar refractivity (Wildman–Crippen MR) is 77.9 cm³/mol. The van der Waals surface area contributed by atoms with E-state index in [0.29, 0.717) is 16.4 Å². The zero-order valence-electron chi connectivity index (χ0n) is 10.3. The van der Waals surface area contributed by atoms with Gasteiger partial charge in [0.1, 0.15) is 4.88 Å². The molecule has 1 heterocycles. The van der Waals surface area contributed by atoms with Gasteiger partial charge in [0.05, 0.1) is 11.6 Å². The quantitative estimate of drug-likeness (QED) is 0.910. The van der Waals surface area contributed by atoms with Crippen LogP contribution in [0, 0.1) is 0 Å².